The maximum Gasteiger partial charge on any atom is 0.222 e. The fourth-order valence-electron chi connectivity index (χ4n) is 2.99. The normalized spacial score (nSPS) is 17.8. The molecule has 2 heterocycles. The van der Waals surface area contributed by atoms with E-state index in [0.717, 1.165) is 18.5 Å². The lowest BCUT2D eigenvalue weighted by molar-refractivity contribution is -0.122. The van der Waals surface area contributed by atoms with Crippen molar-refractivity contribution in [3.8, 4) is 0 Å². The van der Waals surface area contributed by atoms with E-state index >= 15 is 0 Å². The molecule has 2 aromatic rings. The number of pyridine rings is 1. The highest BCUT2D eigenvalue weighted by molar-refractivity contribution is 5.77. The van der Waals surface area contributed by atoms with Crippen LogP contribution >= 0.6 is 0 Å². The number of hydrogen-bond donors (Lipinski definition) is 1. The lowest BCUT2D eigenvalue weighted by Gasteiger charge is -2.34. The van der Waals surface area contributed by atoms with Gasteiger partial charge in [-0.2, -0.15) is 0 Å². The molecule has 0 aliphatic carbocycles. The summed E-state index contributed by atoms with van der Waals surface area (Å²) in [4.78, 5) is 18.6. The number of nitrogens with zero attached hydrogens (tertiary/aromatic N) is 2. The Labute approximate surface area is 131 Å². The lowest BCUT2D eigenvalue weighted by atomic mass is 9.91. The average Bonchev–Trinajstić information content (AvgIpc) is 2.56. The summed E-state index contributed by atoms with van der Waals surface area (Å²) in [6.45, 7) is 1.53. The predicted molar refractivity (Wildman–Crippen MR) is 86.2 cm³/mol. The van der Waals surface area contributed by atoms with Crippen molar-refractivity contribution in [3.05, 3.63) is 65.5 Å². The van der Waals surface area contributed by atoms with E-state index in [1.807, 2.05) is 12.1 Å². The molecule has 1 atom stereocenters. The summed E-state index contributed by atoms with van der Waals surface area (Å²) in [7, 11) is 2.09. The quantitative estimate of drug-likeness (QED) is 0.941. The van der Waals surface area contributed by atoms with Crippen molar-refractivity contribution in [1.82, 2.24) is 15.2 Å². The molecule has 114 valence electrons. The highest BCUT2D eigenvalue weighted by Crippen LogP contribution is 2.30. The molecule has 1 amide bonds. The van der Waals surface area contributed by atoms with Gasteiger partial charge in [-0.3, -0.25) is 14.7 Å². The van der Waals surface area contributed by atoms with Crippen LogP contribution in [0.4, 0.5) is 0 Å². The molecule has 1 aliphatic rings. The first kappa shape index (κ1) is 14.7. The molecule has 0 saturated carbocycles. The van der Waals surface area contributed by atoms with E-state index in [1.54, 1.807) is 12.4 Å². The second-order valence-corrected chi connectivity index (χ2v) is 5.79. The number of carbonyl (C=O) groups excluding carboxylic acids is 1. The van der Waals surface area contributed by atoms with Crippen molar-refractivity contribution >= 4 is 5.91 Å². The van der Waals surface area contributed by atoms with Gasteiger partial charge in [-0.15, -0.1) is 0 Å². The van der Waals surface area contributed by atoms with Crippen molar-refractivity contribution in [2.45, 2.75) is 25.4 Å². The van der Waals surface area contributed by atoms with Gasteiger partial charge in [0.2, 0.25) is 5.91 Å². The van der Waals surface area contributed by atoms with Gasteiger partial charge in [0.15, 0.2) is 0 Å². The zero-order valence-corrected chi connectivity index (χ0v) is 12.8. The van der Waals surface area contributed by atoms with Crippen LogP contribution in [0.1, 0.15) is 29.2 Å². The van der Waals surface area contributed by atoms with Gasteiger partial charge in [-0.05, 0) is 36.2 Å². The Balaban J connectivity index is 1.64. The van der Waals surface area contributed by atoms with Crippen molar-refractivity contribution in [2.24, 2.45) is 0 Å². The van der Waals surface area contributed by atoms with Gasteiger partial charge >= 0.3 is 0 Å². The summed E-state index contributed by atoms with van der Waals surface area (Å²) < 4.78 is 0. The molecule has 0 spiro atoms. The average molecular weight is 295 g/mol. The number of aromatic nitrogens is 1. The number of carbonyl (C=O) groups is 1. The van der Waals surface area contributed by atoms with Gasteiger partial charge in [0.05, 0.1) is 0 Å². The second kappa shape index (κ2) is 6.71. The number of hydrogen-bond acceptors (Lipinski definition) is 3. The third-order valence-corrected chi connectivity index (χ3v) is 4.27. The van der Waals surface area contributed by atoms with Crippen LogP contribution in [0.15, 0.2) is 48.8 Å². The first-order chi connectivity index (χ1) is 10.7. The summed E-state index contributed by atoms with van der Waals surface area (Å²) in [6.07, 6.45) is 5.07. The monoisotopic (exact) mass is 295 g/mol. The standard InChI is InChI=1S/C18H21N3O/c1-21-10-8-15-6-2-3-7-16(15)17(21)11-18(22)20-13-14-5-4-9-19-12-14/h2-7,9,12,17H,8,10-11,13H2,1H3,(H,20,22). The summed E-state index contributed by atoms with van der Waals surface area (Å²) in [6, 6.07) is 12.5. The second-order valence-electron chi connectivity index (χ2n) is 5.79. The maximum atomic E-state index is 12.3. The molecule has 0 saturated heterocycles. The van der Waals surface area contributed by atoms with Gasteiger partial charge in [-0.25, -0.2) is 0 Å². The van der Waals surface area contributed by atoms with Crippen molar-refractivity contribution in [1.29, 1.82) is 0 Å². The zero-order chi connectivity index (χ0) is 15.4. The fraction of sp³-hybridized carbons (Fsp3) is 0.333. The van der Waals surface area contributed by atoms with Crippen LogP contribution in [0.25, 0.3) is 0 Å². The Morgan fingerprint density at radius 3 is 3.00 bits per heavy atom. The van der Waals surface area contributed by atoms with Crippen LogP contribution in [0.3, 0.4) is 0 Å². The van der Waals surface area contributed by atoms with Crippen molar-refractivity contribution < 1.29 is 4.79 Å². The molecule has 4 nitrogen and oxygen atoms in total. The largest absolute Gasteiger partial charge is 0.352 e. The summed E-state index contributed by atoms with van der Waals surface area (Å²) in [5, 5.41) is 2.99. The van der Waals surface area contributed by atoms with E-state index in [-0.39, 0.29) is 11.9 Å². The van der Waals surface area contributed by atoms with Crippen LogP contribution in [0, 0.1) is 0 Å². The summed E-state index contributed by atoms with van der Waals surface area (Å²) in [5.41, 5.74) is 3.67. The maximum absolute atomic E-state index is 12.3. The summed E-state index contributed by atoms with van der Waals surface area (Å²) >= 11 is 0. The van der Waals surface area contributed by atoms with E-state index in [2.05, 4.69) is 46.5 Å². The molecule has 1 aliphatic heterocycles. The number of amides is 1. The number of benzene rings is 1. The Morgan fingerprint density at radius 1 is 1.32 bits per heavy atom. The smallest absolute Gasteiger partial charge is 0.222 e. The first-order valence-electron chi connectivity index (χ1n) is 7.67. The van der Waals surface area contributed by atoms with Gasteiger partial charge in [0, 0.05) is 37.9 Å². The number of fused-ring (bicyclic) bond motifs is 1. The van der Waals surface area contributed by atoms with Crippen LogP contribution < -0.4 is 5.32 Å². The van der Waals surface area contributed by atoms with E-state index in [9.17, 15) is 4.79 Å². The van der Waals surface area contributed by atoms with Crippen LogP contribution in [0.5, 0.6) is 0 Å². The van der Waals surface area contributed by atoms with Gasteiger partial charge in [-0.1, -0.05) is 30.3 Å². The molecular weight excluding hydrogens is 274 g/mol. The third-order valence-electron chi connectivity index (χ3n) is 4.27. The zero-order valence-electron chi connectivity index (χ0n) is 12.8. The molecule has 1 unspecified atom stereocenters. The van der Waals surface area contributed by atoms with Gasteiger partial charge in [0.1, 0.15) is 0 Å². The van der Waals surface area contributed by atoms with Crippen LogP contribution in [0.2, 0.25) is 0 Å². The Kier molecular flexibility index (Phi) is 4.49. The summed E-state index contributed by atoms with van der Waals surface area (Å²) in [5.74, 6) is 0.0809. The highest BCUT2D eigenvalue weighted by atomic mass is 16.1. The Hall–Kier alpha value is -2.20. The molecule has 0 bridgehead atoms. The minimum absolute atomic E-state index is 0.0809. The number of nitrogens with one attached hydrogen (secondary N) is 1. The number of likely N-dealkylation sites (N-methyl/N-ethyl adjacent to an activating group) is 1. The lowest BCUT2D eigenvalue weighted by Crippen LogP contribution is -2.36. The first-order valence-corrected chi connectivity index (χ1v) is 7.67. The van der Waals surface area contributed by atoms with E-state index in [0.29, 0.717) is 13.0 Å². The van der Waals surface area contributed by atoms with Gasteiger partial charge < -0.3 is 5.32 Å². The minimum atomic E-state index is 0.0809. The van der Waals surface area contributed by atoms with Gasteiger partial charge in [0.25, 0.3) is 0 Å². The van der Waals surface area contributed by atoms with E-state index in [1.165, 1.54) is 11.1 Å². The number of rotatable bonds is 4. The topological polar surface area (TPSA) is 45.2 Å². The van der Waals surface area contributed by atoms with E-state index in [4.69, 9.17) is 0 Å². The van der Waals surface area contributed by atoms with Crippen LogP contribution in [-0.4, -0.2) is 29.4 Å². The van der Waals surface area contributed by atoms with Crippen molar-refractivity contribution in [2.75, 3.05) is 13.6 Å². The van der Waals surface area contributed by atoms with E-state index < -0.39 is 0 Å². The molecule has 1 N–H and O–H groups in total. The highest BCUT2D eigenvalue weighted by Gasteiger charge is 2.26. The molecule has 0 radical (unpaired) electrons. The molecule has 1 aromatic carbocycles. The van der Waals surface area contributed by atoms with Crippen LogP contribution in [-0.2, 0) is 17.8 Å². The molecule has 3 rings (SSSR count). The fourth-order valence-corrected chi connectivity index (χ4v) is 2.99. The SMILES string of the molecule is CN1CCc2ccccc2C1CC(=O)NCc1cccnc1. The molecule has 1 aromatic heterocycles. The predicted octanol–water partition coefficient (Wildman–Crippen LogP) is 2.32. The molecular formula is C18H21N3O. The molecule has 4 heteroatoms. The Bertz CT molecular complexity index is 642. The Morgan fingerprint density at radius 2 is 2.18 bits per heavy atom. The van der Waals surface area contributed by atoms with Crippen molar-refractivity contribution in [3.63, 3.8) is 0 Å². The minimum Gasteiger partial charge on any atom is -0.352 e. The molecule has 0 fully saturated rings. The third kappa shape index (κ3) is 3.34. The molecule has 22 heavy (non-hydrogen) atoms.